The second-order valence-electron chi connectivity index (χ2n) is 7.08. The van der Waals surface area contributed by atoms with Crippen LogP contribution in [0.5, 0.6) is 0 Å². The Kier molecular flexibility index (Phi) is 5.52. The van der Waals surface area contributed by atoms with Gasteiger partial charge in [0.05, 0.1) is 6.07 Å². The van der Waals surface area contributed by atoms with Crippen molar-refractivity contribution < 1.29 is 4.79 Å². The molecule has 1 saturated heterocycles. The maximum absolute atomic E-state index is 12.7. The number of carbonyl (C=O) groups is 1. The molecule has 1 unspecified atom stereocenters. The second-order valence-corrected chi connectivity index (χ2v) is 7.08. The summed E-state index contributed by atoms with van der Waals surface area (Å²) in [5, 5.41) is 9.66. The number of hydrogen-bond donors (Lipinski definition) is 0. The molecule has 0 aromatic heterocycles. The number of hydrogen-bond acceptors (Lipinski definition) is 3. The molecule has 1 saturated carbocycles. The molecule has 0 radical (unpaired) electrons. The van der Waals surface area contributed by atoms with Gasteiger partial charge in [0.15, 0.2) is 0 Å². The Morgan fingerprint density at radius 3 is 2.42 bits per heavy atom. The van der Waals surface area contributed by atoms with Gasteiger partial charge in [0.2, 0.25) is 5.91 Å². The molecule has 1 aromatic rings. The number of piperazine rings is 1. The van der Waals surface area contributed by atoms with E-state index in [1.165, 1.54) is 19.3 Å². The SMILES string of the molecule is Cc1ccccc1C(C#N)N1CCN(C(=O)C2CCCCC2)CC1. The van der Waals surface area contributed by atoms with Crippen LogP contribution in [0, 0.1) is 24.2 Å². The number of rotatable bonds is 3. The standard InChI is InChI=1S/C20H27N3O/c1-16-7-5-6-10-18(16)19(15-21)22-11-13-23(14-12-22)20(24)17-8-3-2-4-9-17/h5-7,10,17,19H,2-4,8-9,11-14H2,1H3. The molecule has 4 heteroatoms. The van der Waals surface area contributed by atoms with Crippen LogP contribution in [0.15, 0.2) is 24.3 Å². The third kappa shape index (κ3) is 3.62. The van der Waals surface area contributed by atoms with Gasteiger partial charge in [-0.3, -0.25) is 9.69 Å². The molecule has 1 aliphatic carbocycles. The zero-order chi connectivity index (χ0) is 16.9. The van der Waals surface area contributed by atoms with E-state index in [4.69, 9.17) is 0 Å². The average molecular weight is 325 g/mol. The highest BCUT2D eigenvalue weighted by Gasteiger charge is 2.31. The maximum Gasteiger partial charge on any atom is 0.225 e. The maximum atomic E-state index is 12.7. The summed E-state index contributed by atoms with van der Waals surface area (Å²) in [6.45, 7) is 5.12. The van der Waals surface area contributed by atoms with E-state index in [0.29, 0.717) is 5.91 Å². The van der Waals surface area contributed by atoms with Crippen molar-refractivity contribution in [3.05, 3.63) is 35.4 Å². The average Bonchev–Trinajstić information content (AvgIpc) is 2.64. The first-order valence-electron chi connectivity index (χ1n) is 9.18. The Hall–Kier alpha value is -1.86. The van der Waals surface area contributed by atoms with Crippen LogP contribution in [0.1, 0.15) is 49.3 Å². The Labute approximate surface area is 145 Å². The molecule has 1 heterocycles. The molecule has 0 bridgehead atoms. The summed E-state index contributed by atoms with van der Waals surface area (Å²) >= 11 is 0. The number of benzene rings is 1. The van der Waals surface area contributed by atoms with Crippen LogP contribution in [0.2, 0.25) is 0 Å². The summed E-state index contributed by atoms with van der Waals surface area (Å²) in [4.78, 5) is 16.9. The molecule has 3 rings (SSSR count). The quantitative estimate of drug-likeness (QED) is 0.857. The number of aryl methyl sites for hydroxylation is 1. The first-order valence-corrected chi connectivity index (χ1v) is 9.18. The fourth-order valence-corrected chi connectivity index (χ4v) is 4.05. The topological polar surface area (TPSA) is 47.3 Å². The first kappa shape index (κ1) is 17.0. The van der Waals surface area contributed by atoms with E-state index in [9.17, 15) is 10.1 Å². The second kappa shape index (κ2) is 7.81. The third-order valence-corrected chi connectivity index (χ3v) is 5.55. The molecule has 1 aliphatic heterocycles. The van der Waals surface area contributed by atoms with Crippen molar-refractivity contribution in [1.82, 2.24) is 9.80 Å². The van der Waals surface area contributed by atoms with Crippen LogP contribution in [0.4, 0.5) is 0 Å². The van der Waals surface area contributed by atoms with Gasteiger partial charge in [-0.15, -0.1) is 0 Å². The van der Waals surface area contributed by atoms with Crippen LogP contribution >= 0.6 is 0 Å². The van der Waals surface area contributed by atoms with Crippen LogP contribution < -0.4 is 0 Å². The highest BCUT2D eigenvalue weighted by molar-refractivity contribution is 5.79. The van der Waals surface area contributed by atoms with Gasteiger partial charge < -0.3 is 4.90 Å². The van der Waals surface area contributed by atoms with E-state index in [1.807, 2.05) is 23.1 Å². The molecule has 4 nitrogen and oxygen atoms in total. The predicted molar refractivity (Wildman–Crippen MR) is 94.3 cm³/mol. The van der Waals surface area contributed by atoms with Crippen LogP contribution in [-0.4, -0.2) is 41.9 Å². The van der Waals surface area contributed by atoms with Crippen molar-refractivity contribution in [3.8, 4) is 6.07 Å². The highest BCUT2D eigenvalue weighted by Crippen LogP contribution is 2.28. The molecule has 0 N–H and O–H groups in total. The molecular weight excluding hydrogens is 298 g/mol. The Morgan fingerprint density at radius 2 is 1.79 bits per heavy atom. The predicted octanol–water partition coefficient (Wildman–Crippen LogP) is 3.28. The van der Waals surface area contributed by atoms with Crippen molar-refractivity contribution >= 4 is 5.91 Å². The lowest BCUT2D eigenvalue weighted by atomic mass is 9.88. The van der Waals surface area contributed by atoms with Gasteiger partial charge in [-0.2, -0.15) is 5.26 Å². The molecule has 1 aromatic carbocycles. The summed E-state index contributed by atoms with van der Waals surface area (Å²) in [6.07, 6.45) is 5.78. The van der Waals surface area contributed by atoms with Crippen molar-refractivity contribution in [2.24, 2.45) is 5.92 Å². The minimum absolute atomic E-state index is 0.210. The lowest BCUT2D eigenvalue weighted by molar-refractivity contribution is -0.138. The fraction of sp³-hybridized carbons (Fsp3) is 0.600. The van der Waals surface area contributed by atoms with Gasteiger partial charge in [0.25, 0.3) is 0 Å². The zero-order valence-corrected chi connectivity index (χ0v) is 14.6. The van der Waals surface area contributed by atoms with Gasteiger partial charge in [-0.25, -0.2) is 0 Å². The number of carbonyl (C=O) groups excluding carboxylic acids is 1. The molecule has 2 aliphatic rings. The van der Waals surface area contributed by atoms with Crippen molar-refractivity contribution in [2.75, 3.05) is 26.2 Å². The van der Waals surface area contributed by atoms with E-state index in [2.05, 4.69) is 24.0 Å². The van der Waals surface area contributed by atoms with Crippen LogP contribution in [0.25, 0.3) is 0 Å². The van der Waals surface area contributed by atoms with Crippen LogP contribution in [0.3, 0.4) is 0 Å². The number of nitrogens with zero attached hydrogens (tertiary/aromatic N) is 3. The molecule has 1 amide bonds. The smallest absolute Gasteiger partial charge is 0.225 e. The van der Waals surface area contributed by atoms with Gasteiger partial charge in [-0.05, 0) is 30.9 Å². The van der Waals surface area contributed by atoms with Gasteiger partial charge in [0, 0.05) is 32.1 Å². The summed E-state index contributed by atoms with van der Waals surface area (Å²) in [5.74, 6) is 0.590. The lowest BCUT2D eigenvalue weighted by Crippen LogP contribution is -2.51. The Balaban J connectivity index is 1.61. The highest BCUT2D eigenvalue weighted by atomic mass is 16.2. The first-order chi connectivity index (χ1) is 11.7. The van der Waals surface area contributed by atoms with Crippen molar-refractivity contribution in [1.29, 1.82) is 5.26 Å². The number of amides is 1. The zero-order valence-electron chi connectivity index (χ0n) is 14.6. The fourth-order valence-electron chi connectivity index (χ4n) is 4.05. The normalized spacial score (nSPS) is 21.2. The van der Waals surface area contributed by atoms with Crippen molar-refractivity contribution in [2.45, 2.75) is 45.1 Å². The van der Waals surface area contributed by atoms with Gasteiger partial charge in [0.1, 0.15) is 6.04 Å². The summed E-state index contributed by atoms with van der Waals surface area (Å²) in [7, 11) is 0. The van der Waals surface area contributed by atoms with E-state index in [1.54, 1.807) is 0 Å². The lowest BCUT2D eigenvalue weighted by Gasteiger charge is -2.39. The molecule has 1 atom stereocenters. The summed E-state index contributed by atoms with van der Waals surface area (Å²) in [6, 6.07) is 10.4. The summed E-state index contributed by atoms with van der Waals surface area (Å²) in [5.41, 5.74) is 2.25. The van der Waals surface area contributed by atoms with Gasteiger partial charge >= 0.3 is 0 Å². The molecular formula is C20H27N3O. The Morgan fingerprint density at radius 1 is 1.12 bits per heavy atom. The van der Waals surface area contributed by atoms with Gasteiger partial charge in [-0.1, -0.05) is 43.5 Å². The van der Waals surface area contributed by atoms with E-state index >= 15 is 0 Å². The molecule has 2 fully saturated rings. The molecule has 0 spiro atoms. The monoisotopic (exact) mass is 325 g/mol. The number of nitriles is 1. The minimum atomic E-state index is -0.210. The van der Waals surface area contributed by atoms with Crippen LogP contribution in [-0.2, 0) is 4.79 Å². The van der Waals surface area contributed by atoms with E-state index in [-0.39, 0.29) is 12.0 Å². The van der Waals surface area contributed by atoms with Crippen molar-refractivity contribution in [3.63, 3.8) is 0 Å². The molecule has 128 valence electrons. The largest absolute Gasteiger partial charge is 0.340 e. The van der Waals surface area contributed by atoms with E-state index < -0.39 is 0 Å². The third-order valence-electron chi connectivity index (χ3n) is 5.55. The minimum Gasteiger partial charge on any atom is -0.340 e. The van der Waals surface area contributed by atoms with E-state index in [0.717, 1.165) is 50.1 Å². The Bertz CT molecular complexity index is 608. The summed E-state index contributed by atoms with van der Waals surface area (Å²) < 4.78 is 0. The molecule has 24 heavy (non-hydrogen) atoms.